The number of hydrogen-bond acceptors (Lipinski definition) is 35. The molecule has 0 radical (unpaired) electrons. The summed E-state index contributed by atoms with van der Waals surface area (Å²) in [4.78, 5) is 144. The Morgan fingerprint density at radius 1 is 0.353 bits per heavy atom. The predicted molar refractivity (Wildman–Crippen MR) is 532 cm³/mol. The van der Waals surface area contributed by atoms with Crippen LogP contribution in [0.2, 0.25) is 13.1 Å². The number of fused-ring (bicyclic) bond motifs is 8. The number of aryl methyl sites for hydroxylation is 4. The molecule has 0 unspecified atom stereocenters. The quantitative estimate of drug-likeness (QED) is 0.0568. The average molecular weight is 2710 g/mol. The molecule has 25 rings (SSSR count). The van der Waals surface area contributed by atoms with Crippen molar-refractivity contribution in [2.75, 3.05) is 14.2 Å². The zero-order valence-electron chi connectivity index (χ0n) is 79.8. The first-order valence-corrected chi connectivity index (χ1v) is 47.5. The molecule has 25 aromatic rings. The normalized spacial score (nSPS) is 11.3. The van der Waals surface area contributed by atoms with Gasteiger partial charge in [0.2, 0.25) is 5.82 Å². The third-order valence-electron chi connectivity index (χ3n) is 23.7. The fourth-order valence-corrected chi connectivity index (χ4v) is 18.2. The third-order valence-corrected chi connectivity index (χ3v) is 26.8. The maximum atomic E-state index is 9.41. The fourth-order valence-electron chi connectivity index (χ4n) is 16.1. The molecule has 150 heavy (non-hydrogen) atoms. The molecule has 0 fully saturated rings. The summed E-state index contributed by atoms with van der Waals surface area (Å²) in [5.74, 6) is 6.16. The Morgan fingerprint density at radius 2 is 0.713 bits per heavy atom. The number of benzene rings is 1. The summed E-state index contributed by atoms with van der Waals surface area (Å²) in [7, 11) is 0.835. The molecule has 44 nitrogen and oxygen atoms in total. The largest absolute Gasteiger partial charge is 2.00 e. The molecule has 0 atom stereocenters. The number of ether oxygens (including phenoxy) is 2. The van der Waals surface area contributed by atoms with E-state index in [1.165, 1.54) is 50.6 Å². The number of rotatable bonds is 18. The van der Waals surface area contributed by atoms with E-state index in [4.69, 9.17) is 55.9 Å². The molecule has 0 saturated carbocycles. The molecule has 24 aromatic heterocycles. The van der Waals surface area contributed by atoms with E-state index in [-0.39, 0.29) is 95.8 Å². The van der Waals surface area contributed by atoms with Crippen LogP contribution >= 0.6 is 0 Å². The van der Waals surface area contributed by atoms with E-state index in [0.29, 0.717) is 137 Å². The van der Waals surface area contributed by atoms with Gasteiger partial charge in [-0.05, 0) is 124 Å². The van der Waals surface area contributed by atoms with Crippen molar-refractivity contribution in [3.8, 4) is 86.6 Å². The second-order valence-electron chi connectivity index (χ2n) is 33.3. The molecule has 738 valence electrons. The molecule has 0 aliphatic heterocycles. The molecule has 0 spiro atoms. The van der Waals surface area contributed by atoms with Crippen molar-refractivity contribution in [1.82, 2.24) is 196 Å². The molecule has 0 aliphatic rings. The van der Waals surface area contributed by atoms with Crippen molar-refractivity contribution in [2.45, 2.75) is 60.1 Å². The number of hydrogen-bond donors (Lipinski definition) is 0. The maximum absolute atomic E-state index is 9.41. The van der Waals surface area contributed by atoms with Gasteiger partial charge in [-0.1, -0.05) is 117 Å². The van der Waals surface area contributed by atoms with Gasteiger partial charge in [0, 0.05) is 181 Å². The van der Waals surface area contributed by atoms with E-state index >= 15 is 0 Å². The van der Waals surface area contributed by atoms with Crippen LogP contribution in [0.15, 0.2) is 221 Å². The van der Waals surface area contributed by atoms with Gasteiger partial charge in [-0.25, -0.2) is 4.98 Å². The Bertz CT molecular complexity index is 8980. The standard InChI is InChI=1S/C27H18N12O2.C26H14N10.C24H20N10Si.C24H16N10.4Pt/c1-27(2,18-6-15(40-4)8-20(36-18)38-13-34-22-17(10-28)30-11-32-25(22)38)19-7-16(41-5)9-21(37-19)39-14-35-23-24(29-3)31-12-33-26(23)39;1-2-6-18(20-8-4-10-24(34-20)36-16-32-26-22(36)12-28-14-30-26)17(5-1)19-7-3-9-23(33-19)35-15-31-25-21(35)11-27-13-29-25;1-15-21-23(27-11-25-15)33(13-29-21)17-7-5-9-19(31-17)35(3,4)20-10-6-8-18(32-20)34-14-30-22-16(2)26-12-28-24(22)34;1-15-21-23(27-11-25-15)29-13-33(21)19-7-3-5-17(31-19)9-10-18-6-4-8-20(32-18)34-14-30-24-22(34)16(2)26-12-28-24;;;;/h6-9,11-12H,1-2,4-5H3;1-14H;5-12H,1-4H3;3-12H,1-2H3;;;;/q4*-2;4*+2. The molecule has 49 heteroatoms. The molecule has 24 heterocycles. The summed E-state index contributed by atoms with van der Waals surface area (Å²) in [6, 6.07) is 52.2. The van der Waals surface area contributed by atoms with Crippen LogP contribution in [0.4, 0.5) is 5.82 Å². The molecule has 0 N–H and O–H groups in total. The smallest absolute Gasteiger partial charge is 0.497 e. The molecule has 0 bridgehead atoms. The van der Waals surface area contributed by atoms with E-state index in [9.17, 15) is 5.26 Å². The number of methoxy groups -OCH3 is 2. The zero-order valence-corrected chi connectivity index (χ0v) is 89.9. The van der Waals surface area contributed by atoms with Crippen molar-refractivity contribution in [2.24, 2.45) is 0 Å². The maximum Gasteiger partial charge on any atom is 2.00 e. The minimum absolute atomic E-state index is 0. The Hall–Kier alpha value is -17.9. The van der Waals surface area contributed by atoms with Crippen molar-refractivity contribution in [3.05, 3.63) is 334 Å². The summed E-state index contributed by atoms with van der Waals surface area (Å²) in [5, 5.41) is 11.4. The Morgan fingerprint density at radius 3 is 1.17 bits per heavy atom. The second kappa shape index (κ2) is 43.4. The van der Waals surface area contributed by atoms with Gasteiger partial charge in [0.1, 0.15) is 67.6 Å². The Balaban J connectivity index is 0.000000130. The van der Waals surface area contributed by atoms with Crippen LogP contribution < -0.4 is 20.1 Å². The van der Waals surface area contributed by atoms with Gasteiger partial charge in [0.25, 0.3) is 0 Å². The summed E-state index contributed by atoms with van der Waals surface area (Å²) in [5.41, 5.74) is 18.3. The molecule has 0 aliphatic carbocycles. The van der Waals surface area contributed by atoms with E-state index in [1.54, 1.807) is 75.3 Å². The molecule has 0 amide bonds. The third kappa shape index (κ3) is 19.7. The van der Waals surface area contributed by atoms with E-state index < -0.39 is 13.5 Å². The first-order chi connectivity index (χ1) is 71.3. The minimum atomic E-state index is -2.28. The van der Waals surface area contributed by atoms with Crippen LogP contribution in [0.25, 0.3) is 175 Å². The monoisotopic (exact) mass is 2710 g/mol. The fraction of sp³-hybridized carbons (Fsp3) is 0.109. The van der Waals surface area contributed by atoms with Gasteiger partial charge >= 0.3 is 84.3 Å². The first kappa shape index (κ1) is 102. The Labute approximate surface area is 908 Å². The Kier molecular flexibility index (Phi) is 29.6. The first-order valence-electron chi connectivity index (χ1n) is 44.5. The molecule has 1 aromatic carbocycles. The minimum Gasteiger partial charge on any atom is -0.497 e. The van der Waals surface area contributed by atoms with Crippen molar-refractivity contribution < 1.29 is 93.7 Å². The number of nitriles is 1. The van der Waals surface area contributed by atoms with Crippen molar-refractivity contribution in [3.63, 3.8) is 0 Å². The second-order valence-corrected chi connectivity index (χ2v) is 37.6. The molecular formula is C101H68N42O2Pt4Si. The summed E-state index contributed by atoms with van der Waals surface area (Å²) >= 11 is 0. The van der Waals surface area contributed by atoms with Crippen molar-refractivity contribution >= 4 is 126 Å². The summed E-state index contributed by atoms with van der Waals surface area (Å²) in [6.45, 7) is 23.4. The summed E-state index contributed by atoms with van der Waals surface area (Å²) in [6.07, 6.45) is 42.4. The number of pyridine rings is 8. The van der Waals surface area contributed by atoms with Crippen LogP contribution in [-0.4, -0.2) is 218 Å². The van der Waals surface area contributed by atoms with Gasteiger partial charge in [0.15, 0.2) is 14.4 Å². The number of nitrogens with zero attached hydrogens (tertiary/aromatic N) is 42. The number of aromatic nitrogens is 40. The van der Waals surface area contributed by atoms with Crippen LogP contribution in [0.1, 0.15) is 65.1 Å². The molecule has 0 saturated heterocycles. The topological polar surface area (TPSA) is 499 Å². The van der Waals surface area contributed by atoms with Gasteiger partial charge in [0.05, 0.1) is 106 Å². The van der Waals surface area contributed by atoms with Gasteiger partial charge < -0.3 is 90.7 Å². The van der Waals surface area contributed by atoms with E-state index in [0.717, 1.165) is 89.4 Å². The van der Waals surface area contributed by atoms with E-state index in [2.05, 4.69) is 200 Å². The average Bonchev–Trinajstić information content (AvgIpc) is 1.46. The zero-order chi connectivity index (χ0) is 99.9. The van der Waals surface area contributed by atoms with Crippen LogP contribution in [0.5, 0.6) is 11.5 Å². The summed E-state index contributed by atoms with van der Waals surface area (Å²) < 4.78 is 24.9. The molecular weight excluding hydrogens is 2640 g/mol. The van der Waals surface area contributed by atoms with Crippen LogP contribution in [-0.2, 0) is 89.7 Å². The van der Waals surface area contributed by atoms with Crippen LogP contribution in [0.3, 0.4) is 0 Å². The van der Waals surface area contributed by atoms with Gasteiger partial charge in [-0.3, -0.25) is 110 Å². The predicted octanol–water partition coefficient (Wildman–Crippen LogP) is 11.7. The van der Waals surface area contributed by atoms with Crippen molar-refractivity contribution in [1.29, 1.82) is 5.26 Å². The van der Waals surface area contributed by atoms with E-state index in [1.807, 2.05) is 193 Å². The van der Waals surface area contributed by atoms with Gasteiger partial charge in [-0.2, -0.15) is 5.26 Å². The SMILES string of the molecule is Cc1ncnc2c1n[c-]n2-c1cccc([Si](C)(C)c2cccc(-n3[c-]nc4c(C)ncnc43)n2)n1.Cc1ncnc2n[c-]n(-c3cccc(C=Cc4cccc(-n5[c-]nc6ncnc(C)c65)n4)n3)c12.[C-]#[N+]c1ncnc2c1n[c-]n2-c1cc(OC)cc(C(C)(C)c2cc(OC)cc(-n3[c-]nc4c(C#N)ncnc43)n2)n1.[Pt+2].[Pt+2].[Pt+2].[Pt+2].[c-]1nc2ncncc2n1-c1cccc(-c2ccccc2-c2cccc(-n3[c-]nc4ncncc43)n2)n1. The van der Waals surface area contributed by atoms with Gasteiger partial charge in [-0.15, -0.1) is 4.98 Å². The van der Waals surface area contributed by atoms with Crippen LogP contribution in [0, 0.1) is 96.2 Å². The number of imidazole rings is 8.